The van der Waals surface area contributed by atoms with Gasteiger partial charge in [-0.05, 0) is 30.0 Å². The van der Waals surface area contributed by atoms with Crippen LogP contribution in [0.25, 0.3) is 10.9 Å². The molecule has 1 aromatic carbocycles. The molecular formula is C17H22N2O2. The van der Waals surface area contributed by atoms with E-state index in [2.05, 4.69) is 43.2 Å². The summed E-state index contributed by atoms with van der Waals surface area (Å²) >= 11 is 0. The molecule has 0 aliphatic heterocycles. The molecule has 0 atom stereocenters. The zero-order valence-electron chi connectivity index (χ0n) is 13.3. The Morgan fingerprint density at radius 2 is 2.05 bits per heavy atom. The Balaban J connectivity index is 2.67. The molecule has 4 heteroatoms. The van der Waals surface area contributed by atoms with E-state index >= 15 is 0 Å². The lowest BCUT2D eigenvalue weighted by Crippen LogP contribution is -2.12. The minimum absolute atomic E-state index is 0.0408. The van der Waals surface area contributed by atoms with Crippen LogP contribution in [0, 0.1) is 0 Å². The lowest BCUT2D eigenvalue weighted by molar-refractivity contribution is 0.0527. The Kier molecular flexibility index (Phi) is 4.16. The van der Waals surface area contributed by atoms with Gasteiger partial charge in [0.15, 0.2) is 0 Å². The maximum Gasteiger partial charge on any atom is 0.341 e. The zero-order chi connectivity index (χ0) is 15.6. The monoisotopic (exact) mass is 286 g/mol. The van der Waals surface area contributed by atoms with Gasteiger partial charge in [0.1, 0.15) is 5.56 Å². The van der Waals surface area contributed by atoms with Crippen LogP contribution in [0.3, 0.4) is 0 Å². The lowest BCUT2D eigenvalue weighted by atomic mass is 9.86. The fraction of sp³-hybridized carbons (Fsp3) is 0.412. The minimum Gasteiger partial charge on any atom is -0.462 e. The third-order valence-corrected chi connectivity index (χ3v) is 3.48. The van der Waals surface area contributed by atoms with Crippen LogP contribution in [0.2, 0.25) is 0 Å². The molecule has 0 unspecified atom stereocenters. The molecule has 0 spiro atoms. The molecule has 1 heterocycles. The number of hydrogen-bond donors (Lipinski definition) is 1. The number of nitrogens with one attached hydrogen (secondary N) is 1. The lowest BCUT2D eigenvalue weighted by Gasteiger charge is -2.20. The van der Waals surface area contributed by atoms with E-state index in [0.717, 1.165) is 16.6 Å². The first-order valence-corrected chi connectivity index (χ1v) is 7.16. The predicted molar refractivity (Wildman–Crippen MR) is 85.9 cm³/mol. The topological polar surface area (TPSA) is 51.2 Å². The number of ether oxygens (including phenoxy) is 1. The number of carbonyl (C=O) groups is 1. The van der Waals surface area contributed by atoms with Crippen LogP contribution >= 0.6 is 0 Å². The van der Waals surface area contributed by atoms with Gasteiger partial charge in [-0.3, -0.25) is 4.98 Å². The number of rotatable bonds is 3. The fourth-order valence-electron chi connectivity index (χ4n) is 2.29. The smallest absolute Gasteiger partial charge is 0.341 e. The van der Waals surface area contributed by atoms with Crippen molar-refractivity contribution in [2.45, 2.75) is 33.1 Å². The molecule has 0 bridgehead atoms. The van der Waals surface area contributed by atoms with Gasteiger partial charge in [0, 0.05) is 18.6 Å². The molecule has 4 nitrogen and oxygen atoms in total. The number of hydrogen-bond acceptors (Lipinski definition) is 4. The third-order valence-electron chi connectivity index (χ3n) is 3.48. The van der Waals surface area contributed by atoms with E-state index in [1.54, 1.807) is 20.2 Å². The van der Waals surface area contributed by atoms with Crippen molar-refractivity contribution in [1.29, 1.82) is 0 Å². The van der Waals surface area contributed by atoms with Gasteiger partial charge in [-0.15, -0.1) is 0 Å². The molecule has 0 saturated heterocycles. The van der Waals surface area contributed by atoms with E-state index in [1.165, 1.54) is 5.56 Å². The number of benzene rings is 1. The predicted octanol–water partition coefficient (Wildman–Crippen LogP) is 3.75. The first-order valence-electron chi connectivity index (χ1n) is 7.16. The van der Waals surface area contributed by atoms with Gasteiger partial charge in [0.25, 0.3) is 0 Å². The summed E-state index contributed by atoms with van der Waals surface area (Å²) in [6, 6.07) is 6.17. The van der Waals surface area contributed by atoms with Crippen molar-refractivity contribution >= 4 is 22.6 Å². The summed E-state index contributed by atoms with van der Waals surface area (Å²) in [5, 5.41) is 4.06. The molecule has 1 aromatic heterocycles. The second kappa shape index (κ2) is 5.72. The Bertz CT molecular complexity index is 672. The van der Waals surface area contributed by atoms with Crippen LogP contribution < -0.4 is 5.32 Å². The fourth-order valence-corrected chi connectivity index (χ4v) is 2.29. The average molecular weight is 286 g/mol. The molecule has 21 heavy (non-hydrogen) atoms. The zero-order valence-corrected chi connectivity index (χ0v) is 13.3. The van der Waals surface area contributed by atoms with E-state index in [0.29, 0.717) is 12.2 Å². The highest BCUT2D eigenvalue weighted by molar-refractivity contribution is 6.05. The molecule has 2 rings (SSSR count). The summed E-state index contributed by atoms with van der Waals surface area (Å²) in [5.74, 6) is -0.350. The first kappa shape index (κ1) is 15.3. The van der Waals surface area contributed by atoms with Crippen molar-refractivity contribution in [2.24, 2.45) is 0 Å². The summed E-state index contributed by atoms with van der Waals surface area (Å²) in [6.07, 6.45) is 1.57. The van der Waals surface area contributed by atoms with Gasteiger partial charge in [-0.1, -0.05) is 26.8 Å². The van der Waals surface area contributed by atoms with Gasteiger partial charge < -0.3 is 10.1 Å². The number of esters is 1. The Hall–Kier alpha value is -2.10. The summed E-state index contributed by atoms with van der Waals surface area (Å²) in [5.41, 5.74) is 3.34. The van der Waals surface area contributed by atoms with Crippen LogP contribution in [0.15, 0.2) is 24.4 Å². The maximum absolute atomic E-state index is 12.0. The molecule has 2 aromatic rings. The van der Waals surface area contributed by atoms with Crippen molar-refractivity contribution in [3.8, 4) is 0 Å². The van der Waals surface area contributed by atoms with E-state index in [4.69, 9.17) is 4.74 Å². The van der Waals surface area contributed by atoms with Gasteiger partial charge >= 0.3 is 5.97 Å². The SMILES string of the molecule is CCOC(=O)c1cnc2ccc(C(C)(C)C)cc2c1NC. The Morgan fingerprint density at radius 1 is 1.33 bits per heavy atom. The summed E-state index contributed by atoms with van der Waals surface area (Å²) in [7, 11) is 1.81. The van der Waals surface area contributed by atoms with Crippen molar-refractivity contribution in [3.05, 3.63) is 35.5 Å². The molecule has 1 N–H and O–H groups in total. The highest BCUT2D eigenvalue weighted by Crippen LogP contribution is 2.31. The van der Waals surface area contributed by atoms with Crippen molar-refractivity contribution < 1.29 is 9.53 Å². The standard InChI is InChI=1S/C17H22N2O2/c1-6-21-16(20)13-10-19-14-8-7-11(17(2,3)4)9-12(14)15(13)18-5/h7-10H,6H2,1-5H3,(H,18,19). The molecule has 0 aliphatic rings. The normalized spacial score (nSPS) is 11.5. The van der Waals surface area contributed by atoms with Crippen molar-refractivity contribution in [3.63, 3.8) is 0 Å². The van der Waals surface area contributed by atoms with Gasteiger partial charge in [-0.2, -0.15) is 0 Å². The second-order valence-corrected chi connectivity index (χ2v) is 6.00. The second-order valence-electron chi connectivity index (χ2n) is 6.00. The van der Waals surface area contributed by atoms with E-state index in [-0.39, 0.29) is 11.4 Å². The molecule has 0 aliphatic carbocycles. The number of carbonyl (C=O) groups excluding carboxylic acids is 1. The number of aromatic nitrogens is 1. The van der Waals surface area contributed by atoms with E-state index in [1.807, 2.05) is 6.07 Å². The molecule has 0 amide bonds. The largest absolute Gasteiger partial charge is 0.462 e. The molecule has 0 saturated carbocycles. The minimum atomic E-state index is -0.350. The quantitative estimate of drug-likeness (QED) is 0.873. The molecule has 0 fully saturated rings. The van der Waals surface area contributed by atoms with Crippen LogP contribution in [0.4, 0.5) is 5.69 Å². The summed E-state index contributed by atoms with van der Waals surface area (Å²) in [4.78, 5) is 16.4. The number of nitrogens with zero attached hydrogens (tertiary/aromatic N) is 1. The average Bonchev–Trinajstić information content (AvgIpc) is 2.44. The van der Waals surface area contributed by atoms with Crippen molar-refractivity contribution in [2.75, 3.05) is 19.0 Å². The van der Waals surface area contributed by atoms with E-state index < -0.39 is 0 Å². The van der Waals surface area contributed by atoms with Crippen LogP contribution in [-0.4, -0.2) is 24.6 Å². The Labute approximate surface area is 125 Å². The van der Waals surface area contributed by atoms with Gasteiger partial charge in [0.2, 0.25) is 0 Å². The molecule has 112 valence electrons. The summed E-state index contributed by atoms with van der Waals surface area (Å²) in [6.45, 7) is 8.63. The molecule has 0 radical (unpaired) electrons. The van der Waals surface area contributed by atoms with E-state index in [9.17, 15) is 4.79 Å². The van der Waals surface area contributed by atoms with Crippen LogP contribution in [0.5, 0.6) is 0 Å². The maximum atomic E-state index is 12.0. The molecular weight excluding hydrogens is 264 g/mol. The number of anilines is 1. The highest BCUT2D eigenvalue weighted by atomic mass is 16.5. The van der Waals surface area contributed by atoms with Gasteiger partial charge in [0.05, 0.1) is 17.8 Å². The van der Waals surface area contributed by atoms with Crippen LogP contribution in [-0.2, 0) is 10.2 Å². The van der Waals surface area contributed by atoms with Crippen LogP contribution in [0.1, 0.15) is 43.6 Å². The third kappa shape index (κ3) is 2.99. The highest BCUT2D eigenvalue weighted by Gasteiger charge is 2.19. The van der Waals surface area contributed by atoms with Crippen molar-refractivity contribution in [1.82, 2.24) is 4.98 Å². The number of pyridine rings is 1. The first-order chi connectivity index (χ1) is 9.88. The number of fused-ring (bicyclic) bond motifs is 1. The Morgan fingerprint density at radius 3 is 2.62 bits per heavy atom. The summed E-state index contributed by atoms with van der Waals surface area (Å²) < 4.78 is 5.10. The van der Waals surface area contributed by atoms with Gasteiger partial charge in [-0.25, -0.2) is 4.79 Å².